The predicted molar refractivity (Wildman–Crippen MR) is 62.7 cm³/mol. The molecule has 16 heavy (non-hydrogen) atoms. The van der Waals surface area contributed by atoms with E-state index in [9.17, 15) is 4.79 Å². The van der Waals surface area contributed by atoms with Gasteiger partial charge in [-0.3, -0.25) is 4.79 Å². The van der Waals surface area contributed by atoms with Gasteiger partial charge < -0.3 is 15.6 Å². The summed E-state index contributed by atoms with van der Waals surface area (Å²) in [6, 6.07) is -0.120. The van der Waals surface area contributed by atoms with Crippen molar-refractivity contribution in [3.05, 3.63) is 18.2 Å². The molecule has 0 aliphatic heterocycles. The zero-order valence-electron chi connectivity index (χ0n) is 10.3. The van der Waals surface area contributed by atoms with Crippen LogP contribution in [0.3, 0.4) is 0 Å². The Kier molecular flexibility index (Phi) is 3.70. The molecule has 0 radical (unpaired) electrons. The highest BCUT2D eigenvalue weighted by atomic mass is 16.2. The summed E-state index contributed by atoms with van der Waals surface area (Å²) >= 11 is 0. The largest absolute Gasteiger partial charge is 0.350 e. The number of carbonyl (C=O) groups excluding carboxylic acids is 1. The topological polar surface area (TPSA) is 72.9 Å². The molecule has 1 aromatic rings. The molecule has 1 heterocycles. The Hall–Kier alpha value is -1.36. The van der Waals surface area contributed by atoms with E-state index < -0.39 is 0 Å². The number of nitrogens with zero attached hydrogens (tertiary/aromatic N) is 2. The minimum absolute atomic E-state index is 0.0348. The first kappa shape index (κ1) is 12.7. The summed E-state index contributed by atoms with van der Waals surface area (Å²) in [4.78, 5) is 15.7. The van der Waals surface area contributed by atoms with E-state index in [2.05, 4.69) is 10.3 Å². The van der Waals surface area contributed by atoms with E-state index >= 15 is 0 Å². The first-order valence-corrected chi connectivity index (χ1v) is 5.36. The first-order chi connectivity index (χ1) is 7.29. The quantitative estimate of drug-likeness (QED) is 0.798. The highest BCUT2D eigenvalue weighted by Crippen LogP contribution is 2.08. The summed E-state index contributed by atoms with van der Waals surface area (Å²) in [7, 11) is 0. The molecule has 0 unspecified atom stereocenters. The summed E-state index contributed by atoms with van der Waals surface area (Å²) in [5.41, 5.74) is 6.42. The SMILES string of the molecule is C[C@H](N)c1cncn1CC(=O)NC(C)(C)C. The number of rotatable bonds is 3. The summed E-state index contributed by atoms with van der Waals surface area (Å²) in [5, 5.41) is 2.90. The zero-order valence-corrected chi connectivity index (χ0v) is 10.3. The van der Waals surface area contributed by atoms with Crippen molar-refractivity contribution >= 4 is 5.91 Å². The second-order valence-electron chi connectivity index (χ2n) is 5.03. The molecule has 0 fully saturated rings. The normalized spacial score (nSPS) is 13.6. The molecule has 0 aliphatic rings. The third-order valence-electron chi connectivity index (χ3n) is 2.04. The van der Waals surface area contributed by atoms with Crippen molar-refractivity contribution in [2.75, 3.05) is 0 Å². The number of amides is 1. The average Bonchev–Trinajstić information content (AvgIpc) is 2.47. The fourth-order valence-electron chi connectivity index (χ4n) is 1.45. The van der Waals surface area contributed by atoms with E-state index in [0.29, 0.717) is 0 Å². The highest BCUT2D eigenvalue weighted by molar-refractivity contribution is 5.76. The Balaban J connectivity index is 2.67. The van der Waals surface area contributed by atoms with Crippen molar-refractivity contribution in [1.29, 1.82) is 0 Å². The van der Waals surface area contributed by atoms with Crippen LogP contribution >= 0.6 is 0 Å². The van der Waals surface area contributed by atoms with Gasteiger partial charge in [-0.05, 0) is 27.7 Å². The van der Waals surface area contributed by atoms with Crippen molar-refractivity contribution in [3.8, 4) is 0 Å². The van der Waals surface area contributed by atoms with E-state index in [1.165, 1.54) is 0 Å². The number of hydrogen-bond donors (Lipinski definition) is 2. The van der Waals surface area contributed by atoms with E-state index in [4.69, 9.17) is 5.73 Å². The molecule has 1 amide bonds. The van der Waals surface area contributed by atoms with Gasteiger partial charge in [0.1, 0.15) is 6.54 Å². The number of nitrogens with two attached hydrogens (primary N) is 1. The van der Waals surface area contributed by atoms with Crippen LogP contribution in [-0.2, 0) is 11.3 Å². The fraction of sp³-hybridized carbons (Fsp3) is 0.636. The fourth-order valence-corrected chi connectivity index (χ4v) is 1.45. The van der Waals surface area contributed by atoms with Gasteiger partial charge in [-0.2, -0.15) is 0 Å². The molecule has 90 valence electrons. The van der Waals surface area contributed by atoms with Gasteiger partial charge in [0, 0.05) is 17.8 Å². The second kappa shape index (κ2) is 4.65. The molecule has 0 aromatic carbocycles. The summed E-state index contributed by atoms with van der Waals surface area (Å²) < 4.78 is 1.77. The molecular formula is C11H20N4O. The van der Waals surface area contributed by atoms with Crippen LogP contribution < -0.4 is 11.1 Å². The van der Waals surface area contributed by atoms with Crippen LogP contribution in [0, 0.1) is 0 Å². The second-order valence-corrected chi connectivity index (χ2v) is 5.03. The van der Waals surface area contributed by atoms with E-state index in [-0.39, 0.29) is 24.0 Å². The number of hydrogen-bond acceptors (Lipinski definition) is 3. The van der Waals surface area contributed by atoms with Gasteiger partial charge >= 0.3 is 0 Å². The Morgan fingerprint density at radius 1 is 1.62 bits per heavy atom. The van der Waals surface area contributed by atoms with Gasteiger partial charge in [0.2, 0.25) is 5.91 Å². The Labute approximate surface area is 96.0 Å². The highest BCUT2D eigenvalue weighted by Gasteiger charge is 2.15. The lowest BCUT2D eigenvalue weighted by Crippen LogP contribution is -2.42. The zero-order chi connectivity index (χ0) is 12.3. The monoisotopic (exact) mass is 224 g/mol. The molecular weight excluding hydrogens is 204 g/mol. The van der Waals surface area contributed by atoms with Crippen LogP contribution in [0.25, 0.3) is 0 Å². The molecule has 0 spiro atoms. The minimum Gasteiger partial charge on any atom is -0.350 e. The van der Waals surface area contributed by atoms with Gasteiger partial charge in [-0.15, -0.1) is 0 Å². The van der Waals surface area contributed by atoms with Gasteiger partial charge in [-0.1, -0.05) is 0 Å². The van der Waals surface area contributed by atoms with Crippen molar-refractivity contribution in [2.45, 2.75) is 45.8 Å². The smallest absolute Gasteiger partial charge is 0.240 e. The number of aromatic nitrogens is 2. The third-order valence-corrected chi connectivity index (χ3v) is 2.04. The Bertz CT molecular complexity index is 362. The molecule has 0 aliphatic carbocycles. The summed E-state index contributed by atoms with van der Waals surface area (Å²) in [6.07, 6.45) is 3.32. The number of imidazole rings is 1. The molecule has 3 N–H and O–H groups in total. The van der Waals surface area contributed by atoms with E-state index in [1.807, 2.05) is 27.7 Å². The van der Waals surface area contributed by atoms with Gasteiger partial charge in [0.15, 0.2) is 0 Å². The van der Waals surface area contributed by atoms with Crippen molar-refractivity contribution in [1.82, 2.24) is 14.9 Å². The maximum Gasteiger partial charge on any atom is 0.240 e. The minimum atomic E-state index is -0.216. The number of carbonyl (C=O) groups is 1. The van der Waals surface area contributed by atoms with Crippen LogP contribution in [0.15, 0.2) is 12.5 Å². The van der Waals surface area contributed by atoms with Crippen LogP contribution in [-0.4, -0.2) is 21.0 Å². The van der Waals surface area contributed by atoms with Crippen molar-refractivity contribution < 1.29 is 4.79 Å². The molecule has 1 rings (SSSR count). The maximum absolute atomic E-state index is 11.7. The number of nitrogens with one attached hydrogen (secondary N) is 1. The lowest BCUT2D eigenvalue weighted by Gasteiger charge is -2.21. The molecule has 1 aromatic heterocycles. The predicted octanol–water partition coefficient (Wildman–Crippen LogP) is 0.817. The lowest BCUT2D eigenvalue weighted by atomic mass is 10.1. The van der Waals surface area contributed by atoms with Crippen molar-refractivity contribution in [2.24, 2.45) is 5.73 Å². The molecule has 0 saturated heterocycles. The molecule has 5 heteroatoms. The summed E-state index contributed by atoms with van der Waals surface area (Å²) in [6.45, 7) is 7.98. The van der Waals surface area contributed by atoms with E-state index in [1.54, 1.807) is 17.1 Å². The van der Waals surface area contributed by atoms with Gasteiger partial charge in [-0.25, -0.2) is 4.98 Å². The molecule has 0 saturated carbocycles. The summed E-state index contributed by atoms with van der Waals surface area (Å²) in [5.74, 6) is -0.0348. The maximum atomic E-state index is 11.7. The Morgan fingerprint density at radius 3 is 2.75 bits per heavy atom. The third kappa shape index (κ3) is 3.66. The van der Waals surface area contributed by atoms with E-state index in [0.717, 1.165) is 5.69 Å². The van der Waals surface area contributed by atoms with Crippen LogP contribution in [0.5, 0.6) is 0 Å². The van der Waals surface area contributed by atoms with Crippen molar-refractivity contribution in [3.63, 3.8) is 0 Å². The lowest BCUT2D eigenvalue weighted by molar-refractivity contribution is -0.123. The molecule has 0 bridgehead atoms. The van der Waals surface area contributed by atoms with Crippen LogP contribution in [0.1, 0.15) is 39.4 Å². The molecule has 1 atom stereocenters. The Morgan fingerprint density at radius 2 is 2.25 bits per heavy atom. The van der Waals surface area contributed by atoms with Crippen LogP contribution in [0.4, 0.5) is 0 Å². The van der Waals surface area contributed by atoms with Gasteiger partial charge in [0.05, 0.1) is 12.0 Å². The standard InChI is InChI=1S/C11H20N4O/c1-8(12)9-5-13-7-15(9)6-10(16)14-11(2,3)4/h5,7-8H,6,12H2,1-4H3,(H,14,16)/t8-/m0/s1. The first-order valence-electron chi connectivity index (χ1n) is 5.36. The van der Waals surface area contributed by atoms with Crippen LogP contribution in [0.2, 0.25) is 0 Å². The van der Waals surface area contributed by atoms with Gasteiger partial charge in [0.25, 0.3) is 0 Å². The molecule has 5 nitrogen and oxygen atoms in total. The average molecular weight is 224 g/mol.